The maximum Gasteiger partial charge on any atom is 0.182 e. The molecule has 26 heavy (non-hydrogen) atoms. The molecule has 2 heterocycles. The van der Waals surface area contributed by atoms with E-state index in [0.29, 0.717) is 17.9 Å². The average Bonchev–Trinajstić information content (AvgIpc) is 3.00. The van der Waals surface area contributed by atoms with Crippen LogP contribution in [-0.2, 0) is 17.4 Å². The van der Waals surface area contributed by atoms with Gasteiger partial charge in [-0.25, -0.2) is 15.0 Å². The number of phenols is 1. The summed E-state index contributed by atoms with van der Waals surface area (Å²) in [5.41, 5.74) is 4.14. The average molecular weight is 353 g/mol. The molecule has 0 aliphatic carbocycles. The van der Waals surface area contributed by atoms with Crippen molar-refractivity contribution in [3.63, 3.8) is 0 Å². The predicted molar refractivity (Wildman–Crippen MR) is 105 cm³/mol. The Bertz CT molecular complexity index is 896. The molecule has 0 radical (unpaired) electrons. The molecule has 0 spiro atoms. The molecular formula is C20H27N5O. The van der Waals surface area contributed by atoms with Crippen molar-refractivity contribution in [3.05, 3.63) is 41.5 Å². The number of anilines is 1. The number of nitrogens with one attached hydrogen (secondary N) is 2. The van der Waals surface area contributed by atoms with E-state index in [2.05, 4.69) is 78.9 Å². The first kappa shape index (κ1) is 18.2. The van der Waals surface area contributed by atoms with Crippen LogP contribution in [0, 0.1) is 0 Å². The third-order valence-corrected chi connectivity index (χ3v) is 4.47. The summed E-state index contributed by atoms with van der Waals surface area (Å²) in [5.74, 6) is 1.11. The third-order valence-electron chi connectivity index (χ3n) is 4.47. The van der Waals surface area contributed by atoms with Crippen LogP contribution >= 0.6 is 0 Å². The topological polar surface area (TPSA) is 86.7 Å². The van der Waals surface area contributed by atoms with Crippen molar-refractivity contribution in [2.24, 2.45) is 0 Å². The molecular weight excluding hydrogens is 326 g/mol. The van der Waals surface area contributed by atoms with Crippen LogP contribution in [0.5, 0.6) is 5.75 Å². The van der Waals surface area contributed by atoms with Crippen molar-refractivity contribution >= 4 is 17.0 Å². The quantitative estimate of drug-likeness (QED) is 0.655. The summed E-state index contributed by atoms with van der Waals surface area (Å²) in [5, 5.41) is 14.2. The molecule has 6 nitrogen and oxygen atoms in total. The van der Waals surface area contributed by atoms with Gasteiger partial charge >= 0.3 is 0 Å². The Morgan fingerprint density at radius 3 is 2.15 bits per heavy atom. The summed E-state index contributed by atoms with van der Waals surface area (Å²) >= 11 is 0. The van der Waals surface area contributed by atoms with E-state index in [9.17, 15) is 5.11 Å². The van der Waals surface area contributed by atoms with Gasteiger partial charge in [0, 0.05) is 6.54 Å². The van der Waals surface area contributed by atoms with Crippen molar-refractivity contribution in [2.45, 2.75) is 58.9 Å². The SMILES string of the molecule is CC(C)(C)c1cc(CNc2ncnc3nc[nH]c23)cc(C(C)(C)C)c1O. The van der Waals surface area contributed by atoms with Crippen LogP contribution in [0.4, 0.5) is 5.82 Å². The number of aromatic nitrogens is 4. The number of phenolic OH excluding ortho intramolecular Hbond substituents is 1. The Hall–Kier alpha value is -2.63. The normalized spacial score (nSPS) is 12.5. The van der Waals surface area contributed by atoms with Crippen molar-refractivity contribution in [3.8, 4) is 5.75 Å². The van der Waals surface area contributed by atoms with Gasteiger partial charge in [-0.1, -0.05) is 41.5 Å². The number of benzene rings is 1. The van der Waals surface area contributed by atoms with Gasteiger partial charge in [0.05, 0.1) is 6.33 Å². The lowest BCUT2D eigenvalue weighted by molar-refractivity contribution is 0.423. The lowest BCUT2D eigenvalue weighted by atomic mass is 9.78. The largest absolute Gasteiger partial charge is 0.507 e. The second-order valence-electron chi connectivity index (χ2n) is 8.72. The molecule has 3 rings (SSSR count). The molecule has 0 amide bonds. The molecule has 0 fully saturated rings. The molecule has 138 valence electrons. The van der Waals surface area contributed by atoms with E-state index in [4.69, 9.17) is 0 Å². The number of aromatic amines is 1. The first-order valence-corrected chi connectivity index (χ1v) is 8.82. The molecule has 0 atom stereocenters. The second kappa shape index (κ2) is 6.27. The number of H-pyrrole nitrogens is 1. The molecule has 0 saturated carbocycles. The van der Waals surface area contributed by atoms with E-state index >= 15 is 0 Å². The molecule has 6 heteroatoms. The molecule has 0 unspecified atom stereocenters. The first-order chi connectivity index (χ1) is 12.1. The monoisotopic (exact) mass is 353 g/mol. The second-order valence-corrected chi connectivity index (χ2v) is 8.72. The Morgan fingerprint density at radius 1 is 0.962 bits per heavy atom. The van der Waals surface area contributed by atoms with E-state index in [-0.39, 0.29) is 10.8 Å². The number of aromatic hydroxyl groups is 1. The highest BCUT2D eigenvalue weighted by Gasteiger charge is 2.26. The van der Waals surface area contributed by atoms with E-state index in [1.165, 1.54) is 6.33 Å². The van der Waals surface area contributed by atoms with Crippen molar-refractivity contribution in [1.82, 2.24) is 19.9 Å². The number of rotatable bonds is 3. The number of nitrogens with zero attached hydrogens (tertiary/aromatic N) is 3. The summed E-state index contributed by atoms with van der Waals surface area (Å²) < 4.78 is 0. The Morgan fingerprint density at radius 2 is 1.58 bits per heavy atom. The fraction of sp³-hybridized carbons (Fsp3) is 0.450. The summed E-state index contributed by atoms with van der Waals surface area (Å²) in [6, 6.07) is 4.14. The van der Waals surface area contributed by atoms with Gasteiger partial charge in [-0.2, -0.15) is 0 Å². The van der Waals surface area contributed by atoms with E-state index in [1.54, 1.807) is 6.33 Å². The summed E-state index contributed by atoms with van der Waals surface area (Å²) in [6.45, 7) is 13.3. The minimum absolute atomic E-state index is 0.147. The van der Waals surface area contributed by atoms with Crippen LogP contribution in [0.1, 0.15) is 58.2 Å². The molecule has 0 aliphatic heterocycles. The van der Waals surface area contributed by atoms with Crippen LogP contribution < -0.4 is 5.32 Å². The smallest absolute Gasteiger partial charge is 0.182 e. The van der Waals surface area contributed by atoms with Gasteiger partial charge in [0.2, 0.25) is 0 Å². The highest BCUT2D eigenvalue weighted by atomic mass is 16.3. The van der Waals surface area contributed by atoms with E-state index < -0.39 is 0 Å². The van der Waals surface area contributed by atoms with Crippen molar-refractivity contribution in [2.75, 3.05) is 5.32 Å². The predicted octanol–water partition coefficient (Wildman–Crippen LogP) is 4.27. The van der Waals surface area contributed by atoms with Gasteiger partial charge in [-0.3, -0.25) is 0 Å². The van der Waals surface area contributed by atoms with Gasteiger partial charge in [-0.15, -0.1) is 0 Å². The van der Waals surface area contributed by atoms with Crippen LogP contribution in [0.25, 0.3) is 11.2 Å². The number of fused-ring (bicyclic) bond motifs is 1. The van der Waals surface area contributed by atoms with E-state index in [0.717, 1.165) is 28.0 Å². The lowest BCUT2D eigenvalue weighted by Gasteiger charge is -2.28. The summed E-state index contributed by atoms with van der Waals surface area (Å²) in [6.07, 6.45) is 3.12. The standard InChI is InChI=1S/C20H27N5O/c1-19(2,3)13-7-12(8-14(16(13)26)20(4,5)6)9-21-17-15-18(23-10-22-15)25-11-24-17/h7-8,10-11,26H,9H2,1-6H3,(H2,21,22,23,24,25). The van der Waals surface area contributed by atoms with Crippen LogP contribution in [0.2, 0.25) is 0 Å². The highest BCUT2D eigenvalue weighted by molar-refractivity contribution is 5.81. The Kier molecular flexibility index (Phi) is 4.38. The maximum absolute atomic E-state index is 10.8. The Balaban J connectivity index is 1.98. The summed E-state index contributed by atoms with van der Waals surface area (Å²) in [4.78, 5) is 15.7. The van der Waals surface area contributed by atoms with Crippen LogP contribution in [0.15, 0.2) is 24.8 Å². The maximum atomic E-state index is 10.8. The van der Waals surface area contributed by atoms with Crippen LogP contribution in [0.3, 0.4) is 0 Å². The number of imidazole rings is 1. The number of hydrogen-bond donors (Lipinski definition) is 3. The molecule has 3 aromatic rings. The minimum atomic E-state index is -0.147. The molecule has 0 saturated heterocycles. The molecule has 3 N–H and O–H groups in total. The van der Waals surface area contributed by atoms with Gasteiger partial charge in [0.25, 0.3) is 0 Å². The van der Waals surface area contributed by atoms with Crippen molar-refractivity contribution < 1.29 is 5.11 Å². The molecule has 1 aromatic carbocycles. The fourth-order valence-corrected chi connectivity index (χ4v) is 3.02. The molecule has 0 aliphatic rings. The zero-order chi connectivity index (χ0) is 19.1. The zero-order valence-corrected chi connectivity index (χ0v) is 16.3. The van der Waals surface area contributed by atoms with Gasteiger partial charge in [-0.05, 0) is 39.7 Å². The number of hydrogen-bond acceptors (Lipinski definition) is 5. The zero-order valence-electron chi connectivity index (χ0n) is 16.3. The third kappa shape index (κ3) is 3.49. The van der Waals surface area contributed by atoms with E-state index in [1.807, 2.05) is 0 Å². The van der Waals surface area contributed by atoms with Crippen molar-refractivity contribution in [1.29, 1.82) is 0 Å². The highest BCUT2D eigenvalue weighted by Crippen LogP contribution is 2.39. The van der Waals surface area contributed by atoms with Gasteiger partial charge < -0.3 is 15.4 Å². The summed E-state index contributed by atoms with van der Waals surface area (Å²) in [7, 11) is 0. The van der Waals surface area contributed by atoms with Gasteiger partial charge in [0.15, 0.2) is 11.5 Å². The first-order valence-electron chi connectivity index (χ1n) is 8.82. The molecule has 2 aromatic heterocycles. The minimum Gasteiger partial charge on any atom is -0.507 e. The Labute approximate surface area is 154 Å². The lowest BCUT2D eigenvalue weighted by Crippen LogP contribution is -2.18. The molecule has 0 bridgehead atoms. The van der Waals surface area contributed by atoms with Gasteiger partial charge in [0.1, 0.15) is 17.6 Å². The van der Waals surface area contributed by atoms with Crippen LogP contribution in [-0.4, -0.2) is 25.0 Å². The fourth-order valence-electron chi connectivity index (χ4n) is 3.02.